The van der Waals surface area contributed by atoms with Gasteiger partial charge in [0.15, 0.2) is 0 Å². The molecule has 110 valence electrons. The minimum atomic E-state index is -3.43. The molecule has 1 aromatic carbocycles. The molecule has 0 amide bonds. The molecule has 2 rings (SSSR count). The summed E-state index contributed by atoms with van der Waals surface area (Å²) >= 11 is 0. The number of aliphatic hydroxyl groups is 1. The first-order valence-corrected chi connectivity index (χ1v) is 8.79. The van der Waals surface area contributed by atoms with Crippen LogP contribution in [0, 0.1) is 5.92 Å². The highest BCUT2D eigenvalue weighted by atomic mass is 31.2. The fourth-order valence-corrected chi connectivity index (χ4v) is 5.06. The van der Waals surface area contributed by atoms with Gasteiger partial charge in [-0.05, 0) is 31.9 Å². The topological polar surface area (TPSA) is 63.6 Å². The van der Waals surface area contributed by atoms with Crippen molar-refractivity contribution in [2.75, 3.05) is 6.61 Å². The Morgan fingerprint density at radius 3 is 2.65 bits per heavy atom. The van der Waals surface area contributed by atoms with Crippen molar-refractivity contribution in [3.63, 3.8) is 0 Å². The summed E-state index contributed by atoms with van der Waals surface area (Å²) in [5.41, 5.74) is 0. The molecular formula is C15H21O4P. The van der Waals surface area contributed by atoms with Crippen molar-refractivity contribution in [2.24, 2.45) is 5.92 Å². The van der Waals surface area contributed by atoms with Crippen molar-refractivity contribution in [3.05, 3.63) is 30.3 Å². The lowest BCUT2D eigenvalue weighted by molar-refractivity contribution is -0.126. The number of rotatable bonds is 5. The van der Waals surface area contributed by atoms with Crippen LogP contribution in [0.3, 0.4) is 0 Å². The normalized spacial score (nSPS) is 24.1. The van der Waals surface area contributed by atoms with Crippen LogP contribution >= 0.6 is 7.37 Å². The fourth-order valence-electron chi connectivity index (χ4n) is 2.69. The quantitative estimate of drug-likeness (QED) is 0.849. The lowest BCUT2D eigenvalue weighted by Crippen LogP contribution is -2.34. The van der Waals surface area contributed by atoms with E-state index in [2.05, 4.69) is 0 Å². The summed E-state index contributed by atoms with van der Waals surface area (Å²) in [7, 11) is -3.43. The zero-order valence-corrected chi connectivity index (χ0v) is 12.6. The number of hydrogen-bond acceptors (Lipinski definition) is 4. The molecule has 3 atom stereocenters. The highest BCUT2D eigenvalue weighted by Gasteiger charge is 2.43. The smallest absolute Gasteiger partial charge is 0.260 e. The van der Waals surface area contributed by atoms with E-state index in [1.807, 2.05) is 6.07 Å². The van der Waals surface area contributed by atoms with Crippen LogP contribution in [-0.2, 0) is 13.9 Å². The minimum absolute atomic E-state index is 0.000362. The summed E-state index contributed by atoms with van der Waals surface area (Å²) in [6, 6.07) is 8.71. The summed E-state index contributed by atoms with van der Waals surface area (Å²) in [6.07, 6.45) is 2.78. The van der Waals surface area contributed by atoms with Crippen molar-refractivity contribution >= 4 is 18.5 Å². The van der Waals surface area contributed by atoms with Gasteiger partial charge in [-0.25, -0.2) is 0 Å². The number of aliphatic hydroxyl groups excluding tert-OH is 1. The second-order valence-electron chi connectivity index (χ2n) is 5.08. The van der Waals surface area contributed by atoms with Crippen molar-refractivity contribution in [3.8, 4) is 0 Å². The molecular weight excluding hydrogens is 275 g/mol. The number of carbonyl (C=O) groups excluding carboxylic acids is 1. The van der Waals surface area contributed by atoms with Crippen molar-refractivity contribution < 1.29 is 19.0 Å². The largest absolute Gasteiger partial charge is 0.382 e. The third-order valence-corrected chi connectivity index (χ3v) is 6.46. The minimum Gasteiger partial charge on any atom is -0.382 e. The number of ketones is 1. The summed E-state index contributed by atoms with van der Waals surface area (Å²) in [4.78, 5) is 12.0. The van der Waals surface area contributed by atoms with Gasteiger partial charge in [0.2, 0.25) is 0 Å². The molecule has 0 aliphatic heterocycles. The number of benzene rings is 1. The van der Waals surface area contributed by atoms with Gasteiger partial charge in [-0.2, -0.15) is 0 Å². The van der Waals surface area contributed by atoms with Crippen LogP contribution < -0.4 is 5.30 Å². The van der Waals surface area contributed by atoms with E-state index in [4.69, 9.17) is 4.52 Å². The van der Waals surface area contributed by atoms with Crippen LogP contribution in [0.5, 0.6) is 0 Å². The van der Waals surface area contributed by atoms with E-state index in [1.165, 1.54) is 0 Å². The van der Waals surface area contributed by atoms with Gasteiger partial charge in [0, 0.05) is 11.7 Å². The molecule has 20 heavy (non-hydrogen) atoms. The molecule has 0 spiro atoms. The maximum absolute atomic E-state index is 13.1. The third kappa shape index (κ3) is 3.03. The van der Waals surface area contributed by atoms with E-state index >= 15 is 0 Å². The van der Waals surface area contributed by atoms with Crippen LogP contribution in [-0.4, -0.2) is 23.3 Å². The van der Waals surface area contributed by atoms with E-state index in [9.17, 15) is 14.5 Å². The average molecular weight is 296 g/mol. The molecule has 0 saturated heterocycles. The van der Waals surface area contributed by atoms with Gasteiger partial charge in [0.1, 0.15) is 11.6 Å². The molecule has 1 fully saturated rings. The second-order valence-corrected chi connectivity index (χ2v) is 7.58. The van der Waals surface area contributed by atoms with Gasteiger partial charge in [0.05, 0.1) is 12.5 Å². The Morgan fingerprint density at radius 1 is 1.35 bits per heavy atom. The predicted molar refractivity (Wildman–Crippen MR) is 78.3 cm³/mol. The molecule has 1 N–H and O–H groups in total. The van der Waals surface area contributed by atoms with E-state index in [0.717, 1.165) is 12.8 Å². The van der Waals surface area contributed by atoms with Crippen molar-refractivity contribution in [2.45, 2.75) is 38.5 Å². The van der Waals surface area contributed by atoms with Gasteiger partial charge < -0.3 is 9.63 Å². The van der Waals surface area contributed by atoms with E-state index in [1.54, 1.807) is 31.2 Å². The first-order valence-electron chi connectivity index (χ1n) is 7.10. The fraction of sp³-hybridized carbons (Fsp3) is 0.533. The Balaban J connectivity index is 2.32. The van der Waals surface area contributed by atoms with Crippen molar-refractivity contribution in [1.82, 2.24) is 0 Å². The van der Waals surface area contributed by atoms with Crippen LogP contribution in [0.2, 0.25) is 0 Å². The van der Waals surface area contributed by atoms with E-state index in [-0.39, 0.29) is 12.4 Å². The van der Waals surface area contributed by atoms with Crippen LogP contribution in [0.1, 0.15) is 32.6 Å². The Morgan fingerprint density at radius 2 is 2.05 bits per heavy atom. The molecule has 0 heterocycles. The molecule has 0 aromatic heterocycles. The van der Waals surface area contributed by atoms with E-state index < -0.39 is 19.1 Å². The molecule has 0 unspecified atom stereocenters. The Bertz CT molecular complexity index is 500. The molecule has 0 bridgehead atoms. The second kappa shape index (κ2) is 6.66. The maximum atomic E-state index is 13.1. The molecule has 5 heteroatoms. The molecule has 0 radical (unpaired) electrons. The summed E-state index contributed by atoms with van der Waals surface area (Å²) in [5.74, 6) is -1.81. The standard InChI is InChI=1S/C15H21O4P/c1-2-19-20(18,12-8-4-3-5-9-12)15(17)13-10-6-7-11-14(13)16/h3-5,8-9,13,15,17H,2,6-7,10-11H2,1H3/t13-,15+,20-/m1/s1. The number of hydrogen-bond donors (Lipinski definition) is 1. The lowest BCUT2D eigenvalue weighted by Gasteiger charge is -2.31. The van der Waals surface area contributed by atoms with Gasteiger partial charge in [-0.1, -0.05) is 24.6 Å². The van der Waals surface area contributed by atoms with Gasteiger partial charge in [-0.3, -0.25) is 9.36 Å². The molecule has 1 aromatic rings. The van der Waals surface area contributed by atoms with Crippen LogP contribution in [0.25, 0.3) is 0 Å². The number of Topliss-reactive ketones (excluding diaryl/α,β-unsaturated/α-hetero) is 1. The summed E-state index contributed by atoms with van der Waals surface area (Å²) in [6.45, 7) is 1.98. The molecule has 4 nitrogen and oxygen atoms in total. The summed E-state index contributed by atoms with van der Waals surface area (Å²) in [5, 5.41) is 11.0. The zero-order chi connectivity index (χ0) is 14.6. The number of carbonyl (C=O) groups is 1. The third-order valence-electron chi connectivity index (χ3n) is 3.75. The Kier molecular flexibility index (Phi) is 5.14. The lowest BCUT2D eigenvalue weighted by atomic mass is 9.88. The SMILES string of the molecule is CCO[P@](=O)(c1ccccc1)[C@H](O)[C@@H]1CCCCC1=O. The van der Waals surface area contributed by atoms with Crippen molar-refractivity contribution in [1.29, 1.82) is 0 Å². The Hall–Kier alpha value is -0.960. The monoisotopic (exact) mass is 296 g/mol. The summed E-state index contributed by atoms with van der Waals surface area (Å²) < 4.78 is 18.6. The van der Waals surface area contributed by atoms with Gasteiger partial charge >= 0.3 is 0 Å². The van der Waals surface area contributed by atoms with Gasteiger partial charge in [-0.15, -0.1) is 0 Å². The van der Waals surface area contributed by atoms with Gasteiger partial charge in [0.25, 0.3) is 7.37 Å². The highest BCUT2D eigenvalue weighted by Crippen LogP contribution is 2.53. The molecule has 1 aliphatic rings. The average Bonchev–Trinajstić information content (AvgIpc) is 2.48. The maximum Gasteiger partial charge on any atom is 0.260 e. The highest BCUT2D eigenvalue weighted by molar-refractivity contribution is 7.67. The first-order chi connectivity index (χ1) is 9.59. The van der Waals surface area contributed by atoms with E-state index in [0.29, 0.717) is 18.1 Å². The zero-order valence-electron chi connectivity index (χ0n) is 11.7. The Labute approximate surface area is 119 Å². The molecule has 1 aliphatic carbocycles. The molecule has 1 saturated carbocycles. The van der Waals surface area contributed by atoms with Crippen LogP contribution in [0.4, 0.5) is 0 Å². The predicted octanol–water partition coefficient (Wildman–Crippen LogP) is 2.70. The first kappa shape index (κ1) is 15.4. The van der Waals surface area contributed by atoms with Crippen LogP contribution in [0.15, 0.2) is 30.3 Å².